The van der Waals surface area contributed by atoms with Crippen molar-refractivity contribution in [2.24, 2.45) is 11.8 Å². The van der Waals surface area contributed by atoms with Crippen molar-refractivity contribution in [1.29, 1.82) is 0 Å². The minimum Gasteiger partial charge on any atom is -0.493 e. The van der Waals surface area contributed by atoms with Gasteiger partial charge in [0.1, 0.15) is 0 Å². The number of carbonyl (C=O) groups is 1. The number of methoxy groups -OCH3 is 2. The molecule has 0 amide bonds. The van der Waals surface area contributed by atoms with Gasteiger partial charge in [-0.1, -0.05) is 6.07 Å². The lowest BCUT2D eigenvalue weighted by Gasteiger charge is -2.17. The molecular formula is C14H16O5. The highest BCUT2D eigenvalue weighted by Gasteiger charge is 2.48. The Kier molecular flexibility index (Phi) is 3.06. The Hall–Kier alpha value is -1.75. The molecule has 5 nitrogen and oxygen atoms in total. The molecule has 1 aromatic rings. The molecular weight excluding hydrogens is 248 g/mol. The fourth-order valence-corrected chi connectivity index (χ4v) is 2.77. The molecule has 0 radical (unpaired) electrons. The summed E-state index contributed by atoms with van der Waals surface area (Å²) in [6, 6.07) is 5.69. The molecule has 0 N–H and O–H groups in total. The third-order valence-corrected chi connectivity index (χ3v) is 3.82. The molecule has 102 valence electrons. The predicted molar refractivity (Wildman–Crippen MR) is 66.2 cm³/mol. The highest BCUT2D eigenvalue weighted by atomic mass is 16.6. The first-order valence-electron chi connectivity index (χ1n) is 6.24. The summed E-state index contributed by atoms with van der Waals surface area (Å²) in [4.78, 5) is 11.5. The molecule has 3 atom stereocenters. The standard InChI is InChI=1S/C14H16O5/c1-16-11-4-3-8(5-12(11)17-2)13-9-6-19-14(15)10(9)7-18-13/h3-5,9-10,13H,6-7H2,1-2H3/t9-,10-,13+/m1/s1. The van der Waals surface area contributed by atoms with Crippen molar-refractivity contribution in [1.82, 2.24) is 0 Å². The van der Waals surface area contributed by atoms with Gasteiger partial charge in [-0.2, -0.15) is 0 Å². The Morgan fingerprint density at radius 1 is 1.16 bits per heavy atom. The fourth-order valence-electron chi connectivity index (χ4n) is 2.77. The van der Waals surface area contributed by atoms with E-state index in [-0.39, 0.29) is 23.9 Å². The Balaban J connectivity index is 1.89. The van der Waals surface area contributed by atoms with Crippen molar-refractivity contribution in [3.63, 3.8) is 0 Å². The van der Waals surface area contributed by atoms with Crippen LogP contribution in [0.25, 0.3) is 0 Å². The lowest BCUT2D eigenvalue weighted by Crippen LogP contribution is -2.14. The van der Waals surface area contributed by atoms with E-state index < -0.39 is 0 Å². The van der Waals surface area contributed by atoms with Crippen molar-refractivity contribution in [2.45, 2.75) is 6.10 Å². The molecule has 0 saturated carbocycles. The van der Waals surface area contributed by atoms with E-state index in [1.165, 1.54) is 0 Å². The molecule has 0 spiro atoms. The summed E-state index contributed by atoms with van der Waals surface area (Å²) in [5.74, 6) is 1.17. The Bertz CT molecular complexity index is 499. The summed E-state index contributed by atoms with van der Waals surface area (Å²) >= 11 is 0. The van der Waals surface area contributed by atoms with E-state index in [2.05, 4.69) is 0 Å². The van der Waals surface area contributed by atoms with Gasteiger partial charge in [0.2, 0.25) is 0 Å². The maximum atomic E-state index is 11.5. The summed E-state index contributed by atoms with van der Waals surface area (Å²) in [6.07, 6.45) is -0.115. The maximum absolute atomic E-state index is 11.5. The SMILES string of the molecule is COc1ccc([C@@H]2OC[C@H]3C(=O)OC[C@H]32)cc1OC. The lowest BCUT2D eigenvalue weighted by molar-refractivity contribution is -0.142. The number of fused-ring (bicyclic) bond motifs is 1. The van der Waals surface area contributed by atoms with Crippen LogP contribution in [-0.4, -0.2) is 33.4 Å². The molecule has 1 aromatic carbocycles. The Morgan fingerprint density at radius 2 is 1.95 bits per heavy atom. The van der Waals surface area contributed by atoms with Crippen molar-refractivity contribution < 1.29 is 23.7 Å². The molecule has 5 heteroatoms. The largest absolute Gasteiger partial charge is 0.493 e. The van der Waals surface area contributed by atoms with Crippen molar-refractivity contribution >= 4 is 5.97 Å². The third kappa shape index (κ3) is 1.94. The van der Waals surface area contributed by atoms with Crippen LogP contribution in [0, 0.1) is 11.8 Å². The van der Waals surface area contributed by atoms with Gasteiger partial charge in [-0.05, 0) is 17.7 Å². The molecule has 2 aliphatic rings. The Labute approximate surface area is 111 Å². The van der Waals surface area contributed by atoms with Crippen LogP contribution in [0.2, 0.25) is 0 Å². The van der Waals surface area contributed by atoms with Gasteiger partial charge in [0.15, 0.2) is 11.5 Å². The first-order chi connectivity index (χ1) is 9.24. The second kappa shape index (κ2) is 4.74. The maximum Gasteiger partial charge on any atom is 0.311 e. The molecule has 2 heterocycles. The van der Waals surface area contributed by atoms with E-state index in [0.29, 0.717) is 24.7 Å². The highest BCUT2D eigenvalue weighted by Crippen LogP contribution is 2.44. The molecule has 0 aromatic heterocycles. The lowest BCUT2D eigenvalue weighted by atomic mass is 9.90. The number of benzene rings is 1. The monoisotopic (exact) mass is 264 g/mol. The number of esters is 1. The van der Waals surface area contributed by atoms with E-state index in [4.69, 9.17) is 18.9 Å². The van der Waals surface area contributed by atoms with Gasteiger partial charge in [0, 0.05) is 5.92 Å². The number of rotatable bonds is 3. The average Bonchev–Trinajstić information content (AvgIpc) is 3.01. The van der Waals surface area contributed by atoms with E-state index in [9.17, 15) is 4.79 Å². The van der Waals surface area contributed by atoms with Crippen molar-refractivity contribution in [2.75, 3.05) is 27.4 Å². The molecule has 2 fully saturated rings. The van der Waals surface area contributed by atoms with Gasteiger partial charge in [0.25, 0.3) is 0 Å². The number of ether oxygens (including phenoxy) is 4. The van der Waals surface area contributed by atoms with Gasteiger partial charge < -0.3 is 18.9 Å². The van der Waals surface area contributed by atoms with Crippen LogP contribution in [0.1, 0.15) is 11.7 Å². The van der Waals surface area contributed by atoms with Crippen LogP contribution in [0.5, 0.6) is 11.5 Å². The van der Waals surface area contributed by atoms with Crippen molar-refractivity contribution in [3.05, 3.63) is 23.8 Å². The minimum absolute atomic E-state index is 0.102. The molecule has 0 unspecified atom stereocenters. The number of hydrogen-bond donors (Lipinski definition) is 0. The normalized spacial score (nSPS) is 28.9. The van der Waals surface area contributed by atoms with Crippen LogP contribution in [0.15, 0.2) is 18.2 Å². The summed E-state index contributed by atoms with van der Waals surface area (Å²) in [5.41, 5.74) is 0.989. The summed E-state index contributed by atoms with van der Waals surface area (Å²) in [6.45, 7) is 0.866. The molecule has 2 saturated heterocycles. The van der Waals surface area contributed by atoms with Gasteiger partial charge in [-0.15, -0.1) is 0 Å². The van der Waals surface area contributed by atoms with Crippen LogP contribution >= 0.6 is 0 Å². The zero-order valence-electron chi connectivity index (χ0n) is 10.9. The topological polar surface area (TPSA) is 54.0 Å². The van der Waals surface area contributed by atoms with E-state index >= 15 is 0 Å². The Morgan fingerprint density at radius 3 is 2.68 bits per heavy atom. The third-order valence-electron chi connectivity index (χ3n) is 3.82. The van der Waals surface area contributed by atoms with Crippen LogP contribution < -0.4 is 9.47 Å². The van der Waals surface area contributed by atoms with E-state index in [0.717, 1.165) is 5.56 Å². The smallest absolute Gasteiger partial charge is 0.311 e. The van der Waals surface area contributed by atoms with Crippen molar-refractivity contribution in [3.8, 4) is 11.5 Å². The van der Waals surface area contributed by atoms with E-state index in [1.807, 2.05) is 18.2 Å². The number of carbonyl (C=O) groups excluding carboxylic acids is 1. The average molecular weight is 264 g/mol. The molecule has 3 rings (SSSR count). The first-order valence-corrected chi connectivity index (χ1v) is 6.24. The fraction of sp³-hybridized carbons (Fsp3) is 0.500. The van der Waals surface area contributed by atoms with Crippen LogP contribution in [0.4, 0.5) is 0 Å². The molecule has 2 aliphatic heterocycles. The second-order valence-electron chi connectivity index (χ2n) is 4.77. The van der Waals surface area contributed by atoms with Gasteiger partial charge in [0.05, 0.1) is 39.5 Å². The summed E-state index contributed by atoms with van der Waals surface area (Å²) in [5, 5.41) is 0. The number of hydrogen-bond acceptors (Lipinski definition) is 5. The van der Waals surface area contributed by atoms with Crippen LogP contribution in [-0.2, 0) is 14.3 Å². The quantitative estimate of drug-likeness (QED) is 0.775. The number of cyclic esters (lactones) is 1. The van der Waals surface area contributed by atoms with Gasteiger partial charge >= 0.3 is 5.97 Å². The molecule has 0 bridgehead atoms. The zero-order chi connectivity index (χ0) is 13.4. The first kappa shape index (κ1) is 12.3. The van der Waals surface area contributed by atoms with E-state index in [1.54, 1.807) is 14.2 Å². The van der Waals surface area contributed by atoms with Crippen LogP contribution in [0.3, 0.4) is 0 Å². The van der Waals surface area contributed by atoms with Gasteiger partial charge in [-0.3, -0.25) is 4.79 Å². The summed E-state index contributed by atoms with van der Waals surface area (Å²) < 4.78 is 21.4. The van der Waals surface area contributed by atoms with Gasteiger partial charge in [-0.25, -0.2) is 0 Å². The highest BCUT2D eigenvalue weighted by molar-refractivity contribution is 5.75. The molecule has 0 aliphatic carbocycles. The second-order valence-corrected chi connectivity index (χ2v) is 4.77. The summed E-state index contributed by atoms with van der Waals surface area (Å²) in [7, 11) is 3.20. The zero-order valence-corrected chi connectivity index (χ0v) is 10.9. The molecule has 19 heavy (non-hydrogen) atoms. The predicted octanol–water partition coefficient (Wildman–Crippen LogP) is 1.56. The minimum atomic E-state index is -0.145.